The highest BCUT2D eigenvalue weighted by Gasteiger charge is 2.33. The second-order valence-corrected chi connectivity index (χ2v) is 5.57. The van der Waals surface area contributed by atoms with Crippen molar-refractivity contribution in [1.29, 1.82) is 0 Å². The zero-order valence-electron chi connectivity index (χ0n) is 11.1. The predicted octanol–water partition coefficient (Wildman–Crippen LogP) is 3.37. The van der Waals surface area contributed by atoms with Crippen LogP contribution in [0, 0.1) is 5.41 Å². The fourth-order valence-electron chi connectivity index (χ4n) is 2.09. The molecule has 0 bridgehead atoms. The van der Waals surface area contributed by atoms with E-state index in [1.807, 2.05) is 0 Å². The van der Waals surface area contributed by atoms with E-state index >= 15 is 0 Å². The molecular weight excluding hydrogens is 198 g/mol. The van der Waals surface area contributed by atoms with E-state index in [2.05, 4.69) is 49.6 Å². The molecule has 90 valence electrons. The number of hydrogen-bond donors (Lipinski definition) is 0. The Hall–Kier alpha value is -0.990. The lowest BCUT2D eigenvalue weighted by atomic mass is 9.71. The Morgan fingerprint density at radius 1 is 1.00 bits per heavy atom. The minimum atomic E-state index is 0.0580. The summed E-state index contributed by atoms with van der Waals surface area (Å²) in [7, 11) is 0. The van der Waals surface area contributed by atoms with Crippen LogP contribution in [0.15, 0.2) is 12.7 Å². The van der Waals surface area contributed by atoms with Gasteiger partial charge in [-0.2, -0.15) is 0 Å². The summed E-state index contributed by atoms with van der Waals surface area (Å²) in [6, 6.07) is 0. The van der Waals surface area contributed by atoms with Gasteiger partial charge in [0.1, 0.15) is 18.5 Å². The van der Waals surface area contributed by atoms with Crippen molar-refractivity contribution in [2.45, 2.75) is 59.3 Å². The lowest BCUT2D eigenvalue weighted by Gasteiger charge is -2.35. The van der Waals surface area contributed by atoms with Crippen molar-refractivity contribution in [3.8, 4) is 0 Å². The quantitative estimate of drug-likeness (QED) is 0.765. The van der Waals surface area contributed by atoms with E-state index < -0.39 is 0 Å². The molecule has 1 aromatic heterocycles. The van der Waals surface area contributed by atoms with Crippen LogP contribution in [-0.4, -0.2) is 15.0 Å². The molecule has 0 spiro atoms. The normalized spacial score (nSPS) is 15.8. The molecule has 1 heterocycles. The molecule has 0 fully saturated rings. The monoisotopic (exact) mass is 221 g/mol. The van der Waals surface area contributed by atoms with E-state index in [-0.39, 0.29) is 5.41 Å². The summed E-state index contributed by atoms with van der Waals surface area (Å²) >= 11 is 0. The molecule has 0 aliphatic carbocycles. The maximum atomic E-state index is 4.32. The molecule has 1 atom stereocenters. The summed E-state index contributed by atoms with van der Waals surface area (Å²) < 4.78 is 0. The minimum Gasteiger partial charge on any atom is -0.225 e. The summed E-state index contributed by atoms with van der Waals surface area (Å²) in [5.41, 5.74) is 0.389. The molecule has 16 heavy (non-hydrogen) atoms. The molecule has 0 saturated heterocycles. The Bertz CT molecular complexity index is 321. The fourth-order valence-corrected chi connectivity index (χ4v) is 2.09. The van der Waals surface area contributed by atoms with Crippen molar-refractivity contribution in [1.82, 2.24) is 15.0 Å². The standard InChI is InChI=1S/C13H23N3/c1-6-12(3,4)8-13(5,7-2)11-15-9-14-10-16-11/h9-10H,6-8H2,1-5H3. The van der Waals surface area contributed by atoms with Crippen molar-refractivity contribution in [3.63, 3.8) is 0 Å². The molecule has 0 saturated carbocycles. The second kappa shape index (κ2) is 4.89. The van der Waals surface area contributed by atoms with E-state index in [4.69, 9.17) is 0 Å². The van der Waals surface area contributed by atoms with E-state index in [1.54, 1.807) is 12.7 Å². The van der Waals surface area contributed by atoms with Gasteiger partial charge in [-0.3, -0.25) is 0 Å². The third kappa shape index (κ3) is 3.00. The van der Waals surface area contributed by atoms with Crippen LogP contribution in [0.5, 0.6) is 0 Å². The number of hydrogen-bond acceptors (Lipinski definition) is 3. The first-order chi connectivity index (χ1) is 7.43. The lowest BCUT2D eigenvalue weighted by Crippen LogP contribution is -2.30. The Morgan fingerprint density at radius 3 is 2.00 bits per heavy atom. The first-order valence-corrected chi connectivity index (χ1v) is 6.06. The second-order valence-electron chi connectivity index (χ2n) is 5.57. The topological polar surface area (TPSA) is 38.7 Å². The van der Waals surface area contributed by atoms with Gasteiger partial charge in [0.15, 0.2) is 0 Å². The molecule has 0 aromatic carbocycles. The van der Waals surface area contributed by atoms with Gasteiger partial charge in [0.25, 0.3) is 0 Å². The molecule has 3 nitrogen and oxygen atoms in total. The van der Waals surface area contributed by atoms with Gasteiger partial charge in [0.05, 0.1) is 0 Å². The molecule has 1 unspecified atom stereocenters. The number of nitrogens with zero attached hydrogens (tertiary/aromatic N) is 3. The fraction of sp³-hybridized carbons (Fsp3) is 0.769. The van der Waals surface area contributed by atoms with Gasteiger partial charge in [0, 0.05) is 5.41 Å². The number of aromatic nitrogens is 3. The van der Waals surface area contributed by atoms with E-state index in [1.165, 1.54) is 6.42 Å². The van der Waals surface area contributed by atoms with Gasteiger partial charge in [-0.25, -0.2) is 15.0 Å². The van der Waals surface area contributed by atoms with Crippen molar-refractivity contribution < 1.29 is 0 Å². The number of rotatable bonds is 5. The van der Waals surface area contributed by atoms with Crippen molar-refractivity contribution in [2.75, 3.05) is 0 Å². The third-order valence-electron chi connectivity index (χ3n) is 3.64. The molecule has 3 heteroatoms. The summed E-state index contributed by atoms with van der Waals surface area (Å²) in [6.07, 6.45) is 6.52. The van der Waals surface area contributed by atoms with Gasteiger partial charge in [-0.1, -0.05) is 41.0 Å². The summed E-state index contributed by atoms with van der Waals surface area (Å²) in [5.74, 6) is 0.923. The molecule has 0 radical (unpaired) electrons. The van der Waals surface area contributed by atoms with Gasteiger partial charge >= 0.3 is 0 Å². The Balaban J connectivity index is 2.95. The molecule has 1 aromatic rings. The van der Waals surface area contributed by atoms with Gasteiger partial charge in [-0.05, 0) is 18.3 Å². The van der Waals surface area contributed by atoms with Crippen LogP contribution in [0.2, 0.25) is 0 Å². The highest BCUT2D eigenvalue weighted by atomic mass is 15.0. The first kappa shape index (κ1) is 13.1. The van der Waals surface area contributed by atoms with Crippen LogP contribution in [-0.2, 0) is 5.41 Å². The third-order valence-corrected chi connectivity index (χ3v) is 3.64. The van der Waals surface area contributed by atoms with Crippen molar-refractivity contribution in [3.05, 3.63) is 18.5 Å². The summed E-state index contributed by atoms with van der Waals surface area (Å²) in [5, 5.41) is 0. The smallest absolute Gasteiger partial charge is 0.137 e. The Morgan fingerprint density at radius 2 is 1.56 bits per heavy atom. The lowest BCUT2D eigenvalue weighted by molar-refractivity contribution is 0.222. The average molecular weight is 221 g/mol. The predicted molar refractivity (Wildman–Crippen MR) is 66.2 cm³/mol. The van der Waals surface area contributed by atoms with Crippen LogP contribution < -0.4 is 0 Å². The van der Waals surface area contributed by atoms with Crippen LogP contribution >= 0.6 is 0 Å². The van der Waals surface area contributed by atoms with E-state index in [0.717, 1.165) is 18.7 Å². The molecule has 0 amide bonds. The summed E-state index contributed by atoms with van der Waals surface area (Å²) in [4.78, 5) is 12.5. The molecule has 0 aliphatic heterocycles. The SMILES string of the molecule is CCC(C)(C)CC(C)(CC)c1ncncn1. The summed E-state index contributed by atoms with van der Waals surface area (Å²) in [6.45, 7) is 11.3. The highest BCUT2D eigenvalue weighted by molar-refractivity contribution is 5.05. The van der Waals surface area contributed by atoms with Gasteiger partial charge < -0.3 is 0 Å². The zero-order chi connectivity index (χ0) is 12.2. The van der Waals surface area contributed by atoms with Crippen molar-refractivity contribution >= 4 is 0 Å². The average Bonchev–Trinajstić information content (AvgIpc) is 2.29. The zero-order valence-corrected chi connectivity index (χ0v) is 11.1. The van der Waals surface area contributed by atoms with Gasteiger partial charge in [-0.15, -0.1) is 0 Å². The minimum absolute atomic E-state index is 0.0580. The van der Waals surface area contributed by atoms with E-state index in [9.17, 15) is 0 Å². The van der Waals surface area contributed by atoms with Crippen LogP contribution in [0.1, 0.15) is 59.7 Å². The Labute approximate surface area is 98.7 Å². The largest absolute Gasteiger partial charge is 0.225 e. The molecular formula is C13H23N3. The highest BCUT2D eigenvalue weighted by Crippen LogP contribution is 2.39. The molecule has 1 rings (SSSR count). The molecule has 0 aliphatic rings. The van der Waals surface area contributed by atoms with Crippen LogP contribution in [0.3, 0.4) is 0 Å². The van der Waals surface area contributed by atoms with E-state index in [0.29, 0.717) is 5.41 Å². The first-order valence-electron chi connectivity index (χ1n) is 6.06. The Kier molecular flexibility index (Phi) is 4.00. The maximum absolute atomic E-state index is 4.32. The van der Waals surface area contributed by atoms with Crippen molar-refractivity contribution in [2.24, 2.45) is 5.41 Å². The maximum Gasteiger partial charge on any atom is 0.137 e. The van der Waals surface area contributed by atoms with Gasteiger partial charge in [0.2, 0.25) is 0 Å². The van der Waals surface area contributed by atoms with Crippen LogP contribution in [0.4, 0.5) is 0 Å². The molecule has 0 N–H and O–H groups in total. The van der Waals surface area contributed by atoms with Crippen LogP contribution in [0.25, 0.3) is 0 Å².